The van der Waals surface area contributed by atoms with Crippen LogP contribution in [0.15, 0.2) is 54.7 Å². The van der Waals surface area contributed by atoms with E-state index in [1.165, 1.54) is 60.4 Å². The van der Waals surface area contributed by atoms with E-state index in [2.05, 4.69) is 100 Å². The van der Waals surface area contributed by atoms with Gasteiger partial charge in [0.1, 0.15) is 18.5 Å². The maximum atomic E-state index is 9.56. The van der Waals surface area contributed by atoms with Gasteiger partial charge in [-0.15, -0.1) is 0 Å². The molecule has 0 amide bonds. The molecule has 37 heavy (non-hydrogen) atoms. The maximum Gasteiger partial charge on any atom is 0.228 e. The van der Waals surface area contributed by atoms with Gasteiger partial charge in [0, 0.05) is 17.0 Å². The highest BCUT2D eigenvalue weighted by molar-refractivity contribution is 6.16. The van der Waals surface area contributed by atoms with Crippen molar-refractivity contribution in [2.24, 2.45) is 12.5 Å². The molecule has 6 rings (SSSR count). The van der Waals surface area contributed by atoms with Crippen LogP contribution in [-0.2, 0) is 13.5 Å². The van der Waals surface area contributed by atoms with Crippen LogP contribution in [0.2, 0.25) is 0 Å². The van der Waals surface area contributed by atoms with Crippen LogP contribution < -0.4 is 9.30 Å². The number of hydrogen-bond acceptors (Lipinski definition) is 2. The lowest BCUT2D eigenvalue weighted by Crippen LogP contribution is -2.32. The van der Waals surface area contributed by atoms with Gasteiger partial charge in [0.25, 0.3) is 0 Å². The SMILES string of the molecule is Cc1ccc2c(C(C)C)c3c(c(C)c2c1)-c1c2c(cc4cc(CC(C)(C)C#N)ccc4c2cc[n+]1C)O3. The molecule has 0 bridgehead atoms. The Morgan fingerprint density at radius 1 is 0.946 bits per heavy atom. The summed E-state index contributed by atoms with van der Waals surface area (Å²) in [5.74, 6) is 2.21. The molecule has 2 heterocycles. The van der Waals surface area contributed by atoms with E-state index in [0.717, 1.165) is 16.9 Å². The first kappa shape index (κ1) is 23.5. The molecule has 0 atom stereocenters. The van der Waals surface area contributed by atoms with E-state index in [9.17, 15) is 5.26 Å². The Morgan fingerprint density at radius 3 is 2.43 bits per heavy atom. The highest BCUT2D eigenvalue weighted by Crippen LogP contribution is 2.53. The zero-order valence-electron chi connectivity index (χ0n) is 22.8. The zero-order valence-corrected chi connectivity index (χ0v) is 22.8. The summed E-state index contributed by atoms with van der Waals surface area (Å²) >= 11 is 0. The van der Waals surface area contributed by atoms with Gasteiger partial charge in [0.15, 0.2) is 6.20 Å². The minimum absolute atomic E-state index is 0.311. The second-order valence-electron chi connectivity index (χ2n) is 11.7. The van der Waals surface area contributed by atoms with Crippen LogP contribution in [0.25, 0.3) is 43.6 Å². The van der Waals surface area contributed by atoms with Crippen LogP contribution in [0.4, 0.5) is 0 Å². The van der Waals surface area contributed by atoms with E-state index >= 15 is 0 Å². The Kier molecular flexibility index (Phi) is 5.11. The number of nitriles is 1. The Hall–Kier alpha value is -3.90. The Bertz CT molecular complexity index is 1820. The smallest absolute Gasteiger partial charge is 0.228 e. The molecule has 1 aliphatic heterocycles. The number of aromatic nitrogens is 1. The van der Waals surface area contributed by atoms with Gasteiger partial charge in [-0.25, -0.2) is 4.57 Å². The lowest BCUT2D eigenvalue weighted by atomic mass is 9.84. The van der Waals surface area contributed by atoms with Crippen molar-refractivity contribution in [2.45, 2.75) is 53.9 Å². The molecule has 184 valence electrons. The molecule has 0 saturated carbocycles. The molecule has 0 fully saturated rings. The fraction of sp³-hybridized carbons (Fsp3) is 0.294. The lowest BCUT2D eigenvalue weighted by Gasteiger charge is -2.27. The van der Waals surface area contributed by atoms with Crippen LogP contribution in [0, 0.1) is 30.6 Å². The zero-order chi connectivity index (χ0) is 26.2. The fourth-order valence-corrected chi connectivity index (χ4v) is 6.19. The predicted molar refractivity (Wildman–Crippen MR) is 152 cm³/mol. The van der Waals surface area contributed by atoms with Crippen LogP contribution >= 0.6 is 0 Å². The van der Waals surface area contributed by atoms with E-state index < -0.39 is 5.41 Å². The highest BCUT2D eigenvalue weighted by Gasteiger charge is 2.34. The molecule has 0 unspecified atom stereocenters. The molecule has 1 aliphatic rings. The first-order valence-corrected chi connectivity index (χ1v) is 13.1. The van der Waals surface area contributed by atoms with E-state index in [4.69, 9.17) is 4.74 Å². The van der Waals surface area contributed by atoms with E-state index in [-0.39, 0.29) is 0 Å². The normalized spacial score (nSPS) is 12.7. The highest BCUT2D eigenvalue weighted by atomic mass is 16.5. The molecule has 0 N–H and O–H groups in total. The first-order valence-electron chi connectivity index (χ1n) is 13.1. The summed E-state index contributed by atoms with van der Waals surface area (Å²) in [5, 5.41) is 16.9. The summed E-state index contributed by atoms with van der Waals surface area (Å²) in [4.78, 5) is 0. The summed E-state index contributed by atoms with van der Waals surface area (Å²) in [5.41, 5.74) is 6.99. The summed E-state index contributed by atoms with van der Waals surface area (Å²) in [6.45, 7) is 12.9. The second kappa shape index (κ2) is 8.05. The number of rotatable bonds is 3. The topological polar surface area (TPSA) is 36.9 Å². The fourth-order valence-electron chi connectivity index (χ4n) is 6.19. The number of benzene rings is 4. The first-order chi connectivity index (χ1) is 17.6. The molecule has 0 radical (unpaired) electrons. The average Bonchev–Trinajstić information content (AvgIpc) is 2.85. The van der Waals surface area contributed by atoms with Gasteiger partial charge in [-0.05, 0) is 78.8 Å². The molecule has 4 aromatic carbocycles. The van der Waals surface area contributed by atoms with Crippen molar-refractivity contribution >= 4 is 32.3 Å². The van der Waals surface area contributed by atoms with Crippen molar-refractivity contribution in [3.63, 3.8) is 0 Å². The number of ether oxygens (including phenoxy) is 1. The summed E-state index contributed by atoms with van der Waals surface area (Å²) < 4.78 is 9.17. The van der Waals surface area contributed by atoms with Gasteiger partial charge in [-0.3, -0.25) is 0 Å². The lowest BCUT2D eigenvalue weighted by molar-refractivity contribution is -0.659. The quantitative estimate of drug-likeness (QED) is 0.186. The number of nitrogens with zero attached hydrogens (tertiary/aromatic N) is 2. The minimum Gasteiger partial charge on any atom is -0.455 e. The van der Waals surface area contributed by atoms with Crippen LogP contribution in [-0.4, -0.2) is 0 Å². The monoisotopic (exact) mass is 485 g/mol. The van der Waals surface area contributed by atoms with Crippen molar-refractivity contribution < 1.29 is 9.30 Å². The molecule has 0 spiro atoms. The molecule has 3 heteroatoms. The van der Waals surface area contributed by atoms with Crippen molar-refractivity contribution in [2.75, 3.05) is 0 Å². The average molecular weight is 486 g/mol. The molecule has 0 aliphatic carbocycles. The predicted octanol–water partition coefficient (Wildman–Crippen LogP) is 8.58. The molecule has 5 aromatic rings. The minimum atomic E-state index is -0.405. The Balaban J connectivity index is 1.71. The standard InChI is InChI=1S/C34H33N2O/c1-19(2)29-25-10-8-20(3)14-27(25)21(4)30-32-31-26(12-13-36(32)7)24-11-9-22(17-34(5,6)18-35)15-23(24)16-28(31)37-33(29)30/h8-16,19H,17H2,1-7H3/q+1. The van der Waals surface area contributed by atoms with Gasteiger partial charge in [0.2, 0.25) is 5.69 Å². The summed E-state index contributed by atoms with van der Waals surface area (Å²) in [6.07, 6.45) is 2.89. The Morgan fingerprint density at radius 2 is 1.70 bits per heavy atom. The third kappa shape index (κ3) is 3.50. The van der Waals surface area contributed by atoms with Gasteiger partial charge in [-0.1, -0.05) is 55.8 Å². The van der Waals surface area contributed by atoms with E-state index in [0.29, 0.717) is 12.3 Å². The number of pyridine rings is 1. The second-order valence-corrected chi connectivity index (χ2v) is 11.7. The van der Waals surface area contributed by atoms with Crippen molar-refractivity contribution in [3.05, 3.63) is 77.0 Å². The molecular formula is C34H33N2O+. The van der Waals surface area contributed by atoms with Crippen LogP contribution in [0.5, 0.6) is 11.5 Å². The number of fused-ring (bicyclic) bond motifs is 5. The number of hydrogen-bond donors (Lipinski definition) is 0. The summed E-state index contributed by atoms with van der Waals surface area (Å²) in [6, 6.07) is 20.2. The largest absolute Gasteiger partial charge is 0.455 e. The maximum absolute atomic E-state index is 9.56. The molecule has 3 nitrogen and oxygen atoms in total. The van der Waals surface area contributed by atoms with Crippen LogP contribution in [0.1, 0.15) is 55.9 Å². The van der Waals surface area contributed by atoms with Gasteiger partial charge >= 0.3 is 0 Å². The van der Waals surface area contributed by atoms with E-state index in [1.54, 1.807) is 0 Å². The van der Waals surface area contributed by atoms with E-state index in [1.807, 2.05) is 13.8 Å². The van der Waals surface area contributed by atoms with Crippen LogP contribution in [0.3, 0.4) is 0 Å². The van der Waals surface area contributed by atoms with Gasteiger partial charge in [0.05, 0.1) is 22.4 Å². The number of aryl methyl sites for hydroxylation is 3. The Labute approximate surface area is 218 Å². The molecule has 1 aromatic heterocycles. The molecular weight excluding hydrogens is 452 g/mol. The van der Waals surface area contributed by atoms with Crippen molar-refractivity contribution in [1.29, 1.82) is 5.26 Å². The third-order valence-corrected chi connectivity index (χ3v) is 7.95. The third-order valence-electron chi connectivity index (χ3n) is 7.95. The van der Waals surface area contributed by atoms with Crippen molar-refractivity contribution in [1.82, 2.24) is 0 Å². The summed E-state index contributed by atoms with van der Waals surface area (Å²) in [7, 11) is 2.14. The van der Waals surface area contributed by atoms with Gasteiger partial charge < -0.3 is 4.74 Å². The van der Waals surface area contributed by atoms with Gasteiger partial charge in [-0.2, -0.15) is 5.26 Å². The van der Waals surface area contributed by atoms with Crippen molar-refractivity contribution in [3.8, 4) is 28.8 Å². The molecule has 0 saturated heterocycles.